The van der Waals surface area contributed by atoms with Gasteiger partial charge < -0.3 is 14.2 Å². The van der Waals surface area contributed by atoms with Gasteiger partial charge in [0.1, 0.15) is 0 Å². The second-order valence-electron chi connectivity index (χ2n) is 6.90. The third-order valence-electron chi connectivity index (χ3n) is 5.10. The van der Waals surface area contributed by atoms with E-state index in [0.717, 1.165) is 38.5 Å². The molecule has 5 nitrogen and oxygen atoms in total. The van der Waals surface area contributed by atoms with Crippen molar-refractivity contribution in [1.29, 1.82) is 0 Å². The number of fused-ring (bicyclic) bond motifs is 3. The van der Waals surface area contributed by atoms with E-state index in [-0.39, 0.29) is 12.4 Å². The van der Waals surface area contributed by atoms with Crippen LogP contribution in [0.15, 0.2) is 60.7 Å². The van der Waals surface area contributed by atoms with Crippen LogP contribution in [-0.2, 0) is 16.0 Å². The highest BCUT2D eigenvalue weighted by Crippen LogP contribution is 2.35. The van der Waals surface area contributed by atoms with Crippen LogP contribution in [0.5, 0.6) is 11.5 Å². The first kappa shape index (κ1) is 19.7. The molecule has 152 valence electrons. The summed E-state index contributed by atoms with van der Waals surface area (Å²) in [5, 5.41) is 3.15. The van der Waals surface area contributed by atoms with Crippen LogP contribution in [0.2, 0.25) is 0 Å². The average Bonchev–Trinajstić information content (AvgIpc) is 2.78. The molecular formula is C25H23NO4. The first-order valence-corrected chi connectivity index (χ1v) is 9.84. The van der Waals surface area contributed by atoms with E-state index < -0.39 is 0 Å². The van der Waals surface area contributed by atoms with Crippen molar-refractivity contribution >= 4 is 27.6 Å². The number of rotatable bonds is 6. The van der Waals surface area contributed by atoms with Gasteiger partial charge in [-0.3, -0.25) is 4.79 Å². The van der Waals surface area contributed by atoms with Gasteiger partial charge in [-0.05, 0) is 53.6 Å². The summed E-state index contributed by atoms with van der Waals surface area (Å²) < 4.78 is 16.0. The molecule has 5 heteroatoms. The quantitative estimate of drug-likeness (QED) is 0.329. The van der Waals surface area contributed by atoms with Gasteiger partial charge in [0.2, 0.25) is 0 Å². The van der Waals surface area contributed by atoms with Crippen LogP contribution in [0.25, 0.3) is 32.9 Å². The van der Waals surface area contributed by atoms with E-state index >= 15 is 0 Å². The molecule has 0 amide bonds. The molecule has 0 aliphatic heterocycles. The van der Waals surface area contributed by atoms with Crippen molar-refractivity contribution in [2.45, 2.75) is 13.3 Å². The zero-order chi connectivity index (χ0) is 21.1. The Balaban J connectivity index is 1.94. The number of ether oxygens (including phenoxy) is 3. The molecule has 30 heavy (non-hydrogen) atoms. The summed E-state index contributed by atoms with van der Waals surface area (Å²) in [6.45, 7) is 2.16. The Morgan fingerprint density at radius 1 is 0.933 bits per heavy atom. The Labute approximate surface area is 175 Å². The van der Waals surface area contributed by atoms with E-state index in [2.05, 4.69) is 18.2 Å². The van der Waals surface area contributed by atoms with Gasteiger partial charge in [-0.15, -0.1) is 0 Å². The summed E-state index contributed by atoms with van der Waals surface area (Å²) in [5.74, 6) is 1.03. The fourth-order valence-corrected chi connectivity index (χ4v) is 3.74. The highest BCUT2D eigenvalue weighted by atomic mass is 16.5. The fraction of sp³-hybridized carbons (Fsp3) is 0.200. The maximum absolute atomic E-state index is 12.3. The number of nitrogens with zero attached hydrogens (tertiary/aromatic N) is 1. The van der Waals surface area contributed by atoms with Gasteiger partial charge in [-0.25, -0.2) is 4.98 Å². The molecule has 0 bridgehead atoms. The van der Waals surface area contributed by atoms with Crippen LogP contribution in [0.3, 0.4) is 0 Å². The lowest BCUT2D eigenvalue weighted by Gasteiger charge is -2.14. The first-order valence-electron chi connectivity index (χ1n) is 9.84. The minimum absolute atomic E-state index is 0.182. The van der Waals surface area contributed by atoms with Crippen molar-refractivity contribution in [2.75, 3.05) is 20.8 Å². The third-order valence-corrected chi connectivity index (χ3v) is 5.10. The number of benzene rings is 3. The van der Waals surface area contributed by atoms with Crippen LogP contribution < -0.4 is 9.47 Å². The Morgan fingerprint density at radius 3 is 2.50 bits per heavy atom. The Bertz CT molecular complexity index is 1230. The molecule has 0 unspecified atom stereocenters. The molecule has 0 spiro atoms. The molecule has 4 rings (SSSR count). The van der Waals surface area contributed by atoms with Crippen molar-refractivity contribution in [3.8, 4) is 22.8 Å². The number of esters is 1. The number of methoxy groups -OCH3 is 2. The standard InChI is InChI=1S/C25H23NO4/c1-4-30-24(27)15-18-13-21(17-10-12-22(28-2)23(14-17)29-3)26-20-11-9-16-7-5-6-8-19(16)25(18)20/h5-14H,4,15H2,1-3H3. The molecule has 4 aromatic rings. The monoisotopic (exact) mass is 401 g/mol. The minimum Gasteiger partial charge on any atom is -0.493 e. The van der Waals surface area contributed by atoms with Gasteiger partial charge in [-0.1, -0.05) is 30.3 Å². The van der Waals surface area contributed by atoms with E-state index in [4.69, 9.17) is 19.2 Å². The van der Waals surface area contributed by atoms with Crippen LogP contribution in [0.1, 0.15) is 12.5 Å². The summed E-state index contributed by atoms with van der Waals surface area (Å²) in [4.78, 5) is 17.2. The van der Waals surface area contributed by atoms with Crippen LogP contribution in [-0.4, -0.2) is 31.8 Å². The molecular weight excluding hydrogens is 378 g/mol. The number of aromatic nitrogens is 1. The predicted molar refractivity (Wildman–Crippen MR) is 118 cm³/mol. The molecule has 0 aliphatic carbocycles. The summed E-state index contributed by atoms with van der Waals surface area (Å²) in [5.41, 5.74) is 3.37. The number of carbonyl (C=O) groups is 1. The summed E-state index contributed by atoms with van der Waals surface area (Å²) in [6, 6.07) is 19.8. The molecule has 0 radical (unpaired) electrons. The maximum atomic E-state index is 12.3. The summed E-state index contributed by atoms with van der Waals surface area (Å²) in [6.07, 6.45) is 0.182. The molecule has 0 aliphatic rings. The fourth-order valence-electron chi connectivity index (χ4n) is 3.74. The largest absolute Gasteiger partial charge is 0.493 e. The van der Waals surface area contributed by atoms with E-state index in [0.29, 0.717) is 18.1 Å². The number of hydrogen-bond donors (Lipinski definition) is 0. The van der Waals surface area contributed by atoms with Crippen LogP contribution in [0.4, 0.5) is 0 Å². The minimum atomic E-state index is -0.254. The normalized spacial score (nSPS) is 10.9. The van der Waals surface area contributed by atoms with Gasteiger partial charge in [0.25, 0.3) is 0 Å². The van der Waals surface area contributed by atoms with E-state index in [1.807, 2.05) is 49.4 Å². The van der Waals surface area contributed by atoms with Gasteiger partial charge in [0.05, 0.1) is 38.5 Å². The highest BCUT2D eigenvalue weighted by Gasteiger charge is 2.15. The molecule has 0 fully saturated rings. The van der Waals surface area contributed by atoms with Crippen LogP contribution in [0, 0.1) is 0 Å². The molecule has 0 saturated carbocycles. The summed E-state index contributed by atoms with van der Waals surface area (Å²) in [7, 11) is 3.21. The average molecular weight is 401 g/mol. The molecule has 1 heterocycles. The van der Waals surface area contributed by atoms with Crippen molar-refractivity contribution in [2.24, 2.45) is 0 Å². The summed E-state index contributed by atoms with van der Waals surface area (Å²) >= 11 is 0. The number of hydrogen-bond acceptors (Lipinski definition) is 5. The molecule has 0 saturated heterocycles. The van der Waals surface area contributed by atoms with E-state index in [1.165, 1.54) is 0 Å². The van der Waals surface area contributed by atoms with Crippen LogP contribution >= 0.6 is 0 Å². The first-order chi connectivity index (χ1) is 14.6. The lowest BCUT2D eigenvalue weighted by Crippen LogP contribution is -2.08. The molecule has 0 atom stereocenters. The van der Waals surface area contributed by atoms with Crippen molar-refractivity contribution < 1.29 is 19.0 Å². The second kappa shape index (κ2) is 8.41. The lowest BCUT2D eigenvalue weighted by atomic mass is 9.97. The Morgan fingerprint density at radius 2 is 1.73 bits per heavy atom. The topological polar surface area (TPSA) is 57.7 Å². The maximum Gasteiger partial charge on any atom is 0.310 e. The van der Waals surface area contributed by atoms with Gasteiger partial charge in [-0.2, -0.15) is 0 Å². The third kappa shape index (κ3) is 3.66. The number of carbonyl (C=O) groups excluding carboxylic acids is 1. The van der Waals surface area contributed by atoms with E-state index in [9.17, 15) is 4.79 Å². The zero-order valence-corrected chi connectivity index (χ0v) is 17.3. The van der Waals surface area contributed by atoms with Gasteiger partial charge in [0.15, 0.2) is 11.5 Å². The Kier molecular flexibility index (Phi) is 5.53. The highest BCUT2D eigenvalue weighted by molar-refractivity contribution is 6.09. The zero-order valence-electron chi connectivity index (χ0n) is 17.3. The molecule has 1 aromatic heterocycles. The Hall–Kier alpha value is -3.60. The van der Waals surface area contributed by atoms with Crippen molar-refractivity contribution in [3.63, 3.8) is 0 Å². The lowest BCUT2D eigenvalue weighted by molar-refractivity contribution is -0.142. The predicted octanol–water partition coefficient (Wildman–Crippen LogP) is 5.18. The van der Waals surface area contributed by atoms with E-state index in [1.54, 1.807) is 14.2 Å². The SMILES string of the molecule is CCOC(=O)Cc1cc(-c2ccc(OC)c(OC)c2)nc2ccc3ccccc3c12. The van der Waals surface area contributed by atoms with Gasteiger partial charge in [0, 0.05) is 10.9 Å². The van der Waals surface area contributed by atoms with Gasteiger partial charge >= 0.3 is 5.97 Å². The van der Waals surface area contributed by atoms with Crippen molar-refractivity contribution in [3.05, 3.63) is 66.2 Å². The smallest absolute Gasteiger partial charge is 0.310 e. The number of pyridine rings is 1. The molecule has 0 N–H and O–H groups in total. The molecule has 3 aromatic carbocycles. The second-order valence-corrected chi connectivity index (χ2v) is 6.90. The van der Waals surface area contributed by atoms with Crippen molar-refractivity contribution in [1.82, 2.24) is 4.98 Å².